The number of hydrogen-bond donors (Lipinski definition) is 1. The number of benzene rings is 2. The van der Waals surface area contributed by atoms with Crippen molar-refractivity contribution in [1.29, 1.82) is 0 Å². The molecule has 0 bridgehead atoms. The molecule has 3 aromatic rings. The highest BCUT2D eigenvalue weighted by molar-refractivity contribution is 6.30. The van der Waals surface area contributed by atoms with Crippen LogP contribution >= 0.6 is 11.6 Å². The van der Waals surface area contributed by atoms with Crippen LogP contribution in [0, 0.1) is 0 Å². The van der Waals surface area contributed by atoms with E-state index in [0.717, 1.165) is 5.56 Å². The molecule has 2 aromatic carbocycles. The van der Waals surface area contributed by atoms with Crippen molar-refractivity contribution in [1.82, 2.24) is 24.8 Å². The standard InChI is InChI=1S/C22H23ClN6O2/c23-18-8-4-9-19(14-18)24-22(31)28-11-5-10-27(12-13-28)21(30)20-16-29(26-25-20)15-17-6-2-1-3-7-17/h1-4,6-9,14,16H,5,10-13,15H2,(H,24,31). The first-order chi connectivity index (χ1) is 15.1. The van der Waals surface area contributed by atoms with Crippen molar-refractivity contribution in [3.8, 4) is 0 Å². The number of nitrogens with zero attached hydrogens (tertiary/aromatic N) is 5. The lowest BCUT2D eigenvalue weighted by Gasteiger charge is -2.22. The number of anilines is 1. The molecular formula is C22H23ClN6O2. The highest BCUT2D eigenvalue weighted by atomic mass is 35.5. The first-order valence-corrected chi connectivity index (χ1v) is 10.5. The highest BCUT2D eigenvalue weighted by Gasteiger charge is 2.24. The van der Waals surface area contributed by atoms with Gasteiger partial charge in [-0.25, -0.2) is 9.48 Å². The van der Waals surface area contributed by atoms with Gasteiger partial charge in [-0.05, 0) is 30.2 Å². The Morgan fingerprint density at radius 1 is 0.968 bits per heavy atom. The van der Waals surface area contributed by atoms with Gasteiger partial charge in [-0.2, -0.15) is 0 Å². The van der Waals surface area contributed by atoms with Crippen LogP contribution in [0.3, 0.4) is 0 Å². The molecule has 0 atom stereocenters. The second-order valence-corrected chi connectivity index (χ2v) is 7.80. The minimum atomic E-state index is -0.203. The first kappa shape index (κ1) is 20.9. The quantitative estimate of drug-likeness (QED) is 0.677. The van der Waals surface area contributed by atoms with Gasteiger partial charge in [0.25, 0.3) is 5.91 Å². The topological polar surface area (TPSA) is 83.4 Å². The van der Waals surface area contributed by atoms with Gasteiger partial charge in [0.1, 0.15) is 0 Å². The van der Waals surface area contributed by atoms with Gasteiger partial charge in [-0.1, -0.05) is 53.2 Å². The summed E-state index contributed by atoms with van der Waals surface area (Å²) in [4.78, 5) is 28.9. The molecule has 3 amide bonds. The Morgan fingerprint density at radius 2 is 1.74 bits per heavy atom. The van der Waals surface area contributed by atoms with Crippen molar-refractivity contribution in [3.63, 3.8) is 0 Å². The Labute approximate surface area is 185 Å². The number of carbonyl (C=O) groups is 2. The molecule has 1 saturated heterocycles. The lowest BCUT2D eigenvalue weighted by molar-refractivity contribution is 0.0756. The Bertz CT molecular complexity index is 1050. The Morgan fingerprint density at radius 3 is 2.55 bits per heavy atom. The third-order valence-corrected chi connectivity index (χ3v) is 5.33. The minimum absolute atomic E-state index is 0.170. The smallest absolute Gasteiger partial charge is 0.321 e. The fourth-order valence-corrected chi connectivity index (χ4v) is 3.69. The number of halogens is 1. The van der Waals surface area contributed by atoms with E-state index in [1.165, 1.54) is 0 Å². The summed E-state index contributed by atoms with van der Waals surface area (Å²) in [5.41, 5.74) is 2.04. The van der Waals surface area contributed by atoms with E-state index in [-0.39, 0.29) is 11.9 Å². The van der Waals surface area contributed by atoms with Crippen molar-refractivity contribution in [3.05, 3.63) is 77.1 Å². The molecule has 1 aliphatic heterocycles. The Hall–Kier alpha value is -3.39. The number of hydrogen-bond acceptors (Lipinski definition) is 4. The summed E-state index contributed by atoms with van der Waals surface area (Å²) in [5.74, 6) is -0.170. The van der Waals surface area contributed by atoms with Crippen LogP contribution in [-0.4, -0.2) is 62.9 Å². The van der Waals surface area contributed by atoms with Gasteiger partial charge in [0.15, 0.2) is 5.69 Å². The van der Waals surface area contributed by atoms with Crippen molar-refractivity contribution in [2.45, 2.75) is 13.0 Å². The second kappa shape index (κ2) is 9.61. The molecule has 0 spiro atoms. The van der Waals surface area contributed by atoms with E-state index in [1.807, 2.05) is 30.3 Å². The van der Waals surface area contributed by atoms with Gasteiger partial charge in [-0.15, -0.1) is 5.10 Å². The van der Waals surface area contributed by atoms with Crippen molar-refractivity contribution in [2.75, 3.05) is 31.5 Å². The molecular weight excluding hydrogens is 416 g/mol. The zero-order valence-electron chi connectivity index (χ0n) is 16.9. The molecule has 1 aliphatic rings. The SMILES string of the molecule is O=C(Nc1cccc(Cl)c1)N1CCCN(C(=O)c2cn(Cc3ccccc3)nn2)CC1. The van der Waals surface area contributed by atoms with E-state index in [1.54, 1.807) is 44.9 Å². The van der Waals surface area contributed by atoms with Crippen LogP contribution in [0.2, 0.25) is 5.02 Å². The second-order valence-electron chi connectivity index (χ2n) is 7.36. The largest absolute Gasteiger partial charge is 0.335 e. The van der Waals surface area contributed by atoms with E-state index in [4.69, 9.17) is 11.6 Å². The van der Waals surface area contributed by atoms with Gasteiger partial charge >= 0.3 is 6.03 Å². The average molecular weight is 439 g/mol. The average Bonchev–Trinajstić information content (AvgIpc) is 3.08. The third kappa shape index (κ3) is 5.40. The van der Waals surface area contributed by atoms with Crippen molar-refractivity contribution >= 4 is 29.2 Å². The molecule has 8 nitrogen and oxygen atoms in total. The van der Waals surface area contributed by atoms with Gasteiger partial charge < -0.3 is 15.1 Å². The van der Waals surface area contributed by atoms with E-state index in [0.29, 0.717) is 55.5 Å². The van der Waals surface area contributed by atoms with E-state index < -0.39 is 0 Å². The van der Waals surface area contributed by atoms with Crippen molar-refractivity contribution in [2.24, 2.45) is 0 Å². The Balaban J connectivity index is 1.34. The molecule has 0 saturated carbocycles. The first-order valence-electron chi connectivity index (χ1n) is 10.1. The number of amides is 3. The summed E-state index contributed by atoms with van der Waals surface area (Å²) in [5, 5.41) is 11.6. The maximum atomic E-state index is 12.9. The van der Waals surface area contributed by atoms with Crippen LogP contribution in [0.5, 0.6) is 0 Å². The number of urea groups is 1. The summed E-state index contributed by atoms with van der Waals surface area (Å²) in [6, 6.07) is 16.7. The summed E-state index contributed by atoms with van der Waals surface area (Å²) >= 11 is 5.98. The van der Waals surface area contributed by atoms with Crippen LogP contribution in [0.1, 0.15) is 22.5 Å². The molecule has 0 aliphatic carbocycles. The molecule has 31 heavy (non-hydrogen) atoms. The molecule has 160 valence electrons. The van der Waals surface area contributed by atoms with Crippen LogP contribution in [-0.2, 0) is 6.54 Å². The van der Waals surface area contributed by atoms with Gasteiger partial charge in [0, 0.05) is 36.9 Å². The fraction of sp³-hybridized carbons (Fsp3) is 0.273. The van der Waals surface area contributed by atoms with Crippen LogP contribution in [0.4, 0.5) is 10.5 Å². The van der Waals surface area contributed by atoms with E-state index in [9.17, 15) is 9.59 Å². The van der Waals surface area contributed by atoms with E-state index in [2.05, 4.69) is 15.6 Å². The number of nitrogens with one attached hydrogen (secondary N) is 1. The molecule has 1 fully saturated rings. The van der Waals surface area contributed by atoms with Crippen LogP contribution in [0.25, 0.3) is 0 Å². The van der Waals surface area contributed by atoms with Crippen molar-refractivity contribution < 1.29 is 9.59 Å². The molecule has 4 rings (SSSR count). The molecule has 1 N–H and O–H groups in total. The normalized spacial score (nSPS) is 14.2. The Kier molecular flexibility index (Phi) is 6.47. The molecule has 9 heteroatoms. The summed E-state index contributed by atoms with van der Waals surface area (Å²) in [6.07, 6.45) is 2.36. The maximum absolute atomic E-state index is 12.9. The maximum Gasteiger partial charge on any atom is 0.321 e. The zero-order valence-corrected chi connectivity index (χ0v) is 17.7. The summed E-state index contributed by atoms with van der Waals surface area (Å²) in [7, 11) is 0. The highest BCUT2D eigenvalue weighted by Crippen LogP contribution is 2.16. The molecule has 1 aromatic heterocycles. The fourth-order valence-electron chi connectivity index (χ4n) is 3.50. The lowest BCUT2D eigenvalue weighted by atomic mass is 10.2. The summed E-state index contributed by atoms with van der Waals surface area (Å²) < 4.78 is 1.66. The number of rotatable bonds is 4. The zero-order chi connectivity index (χ0) is 21.6. The van der Waals surface area contributed by atoms with Gasteiger partial charge in [-0.3, -0.25) is 4.79 Å². The van der Waals surface area contributed by atoms with Gasteiger partial charge in [0.05, 0.1) is 12.7 Å². The summed E-state index contributed by atoms with van der Waals surface area (Å²) in [6.45, 7) is 2.56. The lowest BCUT2D eigenvalue weighted by Crippen LogP contribution is -2.39. The third-order valence-electron chi connectivity index (χ3n) is 5.09. The number of carbonyl (C=O) groups excluding carboxylic acids is 2. The molecule has 0 radical (unpaired) electrons. The monoisotopic (exact) mass is 438 g/mol. The van der Waals surface area contributed by atoms with Gasteiger partial charge in [0.2, 0.25) is 0 Å². The minimum Gasteiger partial charge on any atom is -0.335 e. The number of aromatic nitrogens is 3. The molecule has 2 heterocycles. The van der Waals surface area contributed by atoms with Crippen LogP contribution in [0.15, 0.2) is 60.8 Å². The predicted octanol–water partition coefficient (Wildman–Crippen LogP) is 3.36. The molecule has 0 unspecified atom stereocenters. The van der Waals surface area contributed by atoms with Crippen LogP contribution < -0.4 is 5.32 Å². The predicted molar refractivity (Wildman–Crippen MR) is 118 cm³/mol. The van der Waals surface area contributed by atoms with E-state index >= 15 is 0 Å².